The Labute approximate surface area is 113 Å². The third kappa shape index (κ3) is 2.12. The molecule has 0 spiro atoms. The van der Waals surface area contributed by atoms with Gasteiger partial charge in [-0.15, -0.1) is 0 Å². The molecule has 1 nitrogen and oxygen atoms in total. The fourth-order valence-corrected chi connectivity index (χ4v) is 2.73. The molecule has 0 bridgehead atoms. The van der Waals surface area contributed by atoms with Crippen LogP contribution in [0.1, 0.15) is 28.7 Å². The zero-order valence-electron chi connectivity index (χ0n) is 11.0. The van der Waals surface area contributed by atoms with Crippen LogP contribution in [0.25, 0.3) is 5.57 Å². The second kappa shape index (κ2) is 4.85. The highest BCUT2D eigenvalue weighted by molar-refractivity contribution is 5.96. The van der Waals surface area contributed by atoms with Gasteiger partial charge in [-0.3, -0.25) is 4.79 Å². The van der Waals surface area contributed by atoms with Crippen LogP contribution >= 0.6 is 0 Å². The van der Waals surface area contributed by atoms with Gasteiger partial charge in [0.15, 0.2) is 0 Å². The minimum Gasteiger partial charge on any atom is -0.298 e. The predicted molar refractivity (Wildman–Crippen MR) is 78.0 cm³/mol. The summed E-state index contributed by atoms with van der Waals surface area (Å²) in [5.74, 6) is 0. The predicted octanol–water partition coefficient (Wildman–Crippen LogP) is 3.94. The van der Waals surface area contributed by atoms with E-state index in [2.05, 4.69) is 49.4 Å². The van der Waals surface area contributed by atoms with Crippen molar-refractivity contribution < 1.29 is 4.79 Å². The van der Waals surface area contributed by atoms with E-state index in [1.807, 2.05) is 6.07 Å². The van der Waals surface area contributed by atoms with Gasteiger partial charge in [-0.1, -0.05) is 54.1 Å². The number of fused-ring (bicyclic) bond motifs is 1. The SMILES string of the molecule is Cc1ccc(C2=C(C=O)CCc3ccccc32)cc1. The van der Waals surface area contributed by atoms with Crippen molar-refractivity contribution in [1.29, 1.82) is 0 Å². The van der Waals surface area contributed by atoms with Gasteiger partial charge >= 0.3 is 0 Å². The van der Waals surface area contributed by atoms with E-state index in [1.54, 1.807) is 0 Å². The number of hydrogen-bond donors (Lipinski definition) is 0. The molecule has 19 heavy (non-hydrogen) atoms. The normalized spacial score (nSPS) is 14.2. The Kier molecular flexibility index (Phi) is 3.04. The molecule has 94 valence electrons. The molecule has 0 amide bonds. The number of hydrogen-bond acceptors (Lipinski definition) is 1. The minimum absolute atomic E-state index is 0.837. The summed E-state index contributed by atoms with van der Waals surface area (Å²) >= 11 is 0. The number of aldehydes is 1. The van der Waals surface area contributed by atoms with E-state index in [9.17, 15) is 4.79 Å². The molecule has 1 aliphatic carbocycles. The molecule has 3 rings (SSSR count). The second-order valence-corrected chi connectivity index (χ2v) is 5.04. The van der Waals surface area contributed by atoms with Gasteiger partial charge in [-0.05, 0) is 42.0 Å². The van der Waals surface area contributed by atoms with Gasteiger partial charge in [-0.2, -0.15) is 0 Å². The third-order valence-electron chi connectivity index (χ3n) is 3.75. The van der Waals surface area contributed by atoms with Crippen molar-refractivity contribution in [2.45, 2.75) is 19.8 Å². The Hall–Kier alpha value is -2.15. The molecule has 0 atom stereocenters. The van der Waals surface area contributed by atoms with Crippen LogP contribution in [-0.4, -0.2) is 6.29 Å². The molecule has 0 saturated heterocycles. The molecule has 0 heterocycles. The summed E-state index contributed by atoms with van der Waals surface area (Å²) in [4.78, 5) is 11.4. The number of benzene rings is 2. The smallest absolute Gasteiger partial charge is 0.146 e. The number of carbonyl (C=O) groups excluding carboxylic acids is 1. The molecule has 0 aliphatic heterocycles. The van der Waals surface area contributed by atoms with Crippen LogP contribution in [0.5, 0.6) is 0 Å². The van der Waals surface area contributed by atoms with Crippen molar-refractivity contribution in [3.8, 4) is 0 Å². The number of aryl methyl sites for hydroxylation is 2. The van der Waals surface area contributed by atoms with E-state index < -0.39 is 0 Å². The molecule has 1 aliphatic rings. The summed E-state index contributed by atoms with van der Waals surface area (Å²) in [6, 6.07) is 16.8. The summed E-state index contributed by atoms with van der Waals surface area (Å²) in [5.41, 5.74) is 6.95. The van der Waals surface area contributed by atoms with E-state index in [0.29, 0.717) is 0 Å². The zero-order valence-corrected chi connectivity index (χ0v) is 11.0. The van der Waals surface area contributed by atoms with E-state index in [1.165, 1.54) is 16.7 Å². The van der Waals surface area contributed by atoms with Crippen molar-refractivity contribution in [2.24, 2.45) is 0 Å². The standard InChI is InChI=1S/C18H16O/c1-13-6-8-15(9-7-13)18-16(12-19)11-10-14-4-2-3-5-17(14)18/h2-9,12H,10-11H2,1H3. The minimum atomic E-state index is 0.837. The van der Waals surface area contributed by atoms with Gasteiger partial charge in [0.2, 0.25) is 0 Å². The Balaban J connectivity index is 2.22. The fraction of sp³-hybridized carbons (Fsp3) is 0.167. The first-order valence-electron chi connectivity index (χ1n) is 6.63. The maximum absolute atomic E-state index is 11.4. The Bertz CT molecular complexity index is 648. The second-order valence-electron chi connectivity index (χ2n) is 5.04. The van der Waals surface area contributed by atoms with Crippen LogP contribution in [-0.2, 0) is 11.2 Å². The van der Waals surface area contributed by atoms with Crippen LogP contribution in [0, 0.1) is 6.92 Å². The largest absolute Gasteiger partial charge is 0.298 e. The van der Waals surface area contributed by atoms with Gasteiger partial charge in [-0.25, -0.2) is 0 Å². The van der Waals surface area contributed by atoms with E-state index in [-0.39, 0.29) is 0 Å². The quantitative estimate of drug-likeness (QED) is 0.736. The molecule has 2 aromatic carbocycles. The summed E-state index contributed by atoms with van der Waals surface area (Å²) in [5, 5.41) is 0. The molecule has 0 fully saturated rings. The average Bonchev–Trinajstić information content (AvgIpc) is 2.47. The molecule has 0 radical (unpaired) electrons. The highest BCUT2D eigenvalue weighted by atomic mass is 16.1. The molecule has 1 heteroatoms. The fourth-order valence-electron chi connectivity index (χ4n) is 2.73. The third-order valence-corrected chi connectivity index (χ3v) is 3.75. The van der Waals surface area contributed by atoms with Crippen LogP contribution in [0.4, 0.5) is 0 Å². The van der Waals surface area contributed by atoms with Gasteiger partial charge < -0.3 is 0 Å². The lowest BCUT2D eigenvalue weighted by Gasteiger charge is -2.21. The molecule has 0 N–H and O–H groups in total. The van der Waals surface area contributed by atoms with Crippen molar-refractivity contribution >= 4 is 11.9 Å². The molecule has 0 unspecified atom stereocenters. The highest BCUT2D eigenvalue weighted by Gasteiger charge is 2.19. The van der Waals surface area contributed by atoms with Crippen LogP contribution < -0.4 is 0 Å². The number of carbonyl (C=O) groups is 1. The number of allylic oxidation sites excluding steroid dienone is 1. The van der Waals surface area contributed by atoms with Gasteiger partial charge in [0, 0.05) is 5.57 Å². The van der Waals surface area contributed by atoms with Gasteiger partial charge in [0.05, 0.1) is 0 Å². The van der Waals surface area contributed by atoms with Crippen LogP contribution in [0.15, 0.2) is 54.1 Å². The highest BCUT2D eigenvalue weighted by Crippen LogP contribution is 2.35. The van der Waals surface area contributed by atoms with Crippen molar-refractivity contribution in [2.75, 3.05) is 0 Å². The lowest BCUT2D eigenvalue weighted by atomic mass is 9.82. The van der Waals surface area contributed by atoms with Gasteiger partial charge in [0.25, 0.3) is 0 Å². The van der Waals surface area contributed by atoms with Crippen LogP contribution in [0.2, 0.25) is 0 Å². The maximum atomic E-state index is 11.4. The maximum Gasteiger partial charge on any atom is 0.146 e. The summed E-state index contributed by atoms with van der Waals surface area (Å²) in [6.45, 7) is 2.08. The average molecular weight is 248 g/mol. The lowest BCUT2D eigenvalue weighted by molar-refractivity contribution is -0.105. The first-order valence-corrected chi connectivity index (χ1v) is 6.63. The monoisotopic (exact) mass is 248 g/mol. The molecule has 2 aromatic rings. The van der Waals surface area contributed by atoms with Crippen LogP contribution in [0.3, 0.4) is 0 Å². The topological polar surface area (TPSA) is 17.1 Å². The zero-order chi connectivity index (χ0) is 13.2. The number of rotatable bonds is 2. The van der Waals surface area contributed by atoms with Crippen molar-refractivity contribution in [3.63, 3.8) is 0 Å². The Morgan fingerprint density at radius 1 is 0.947 bits per heavy atom. The molecular weight excluding hydrogens is 232 g/mol. The van der Waals surface area contributed by atoms with E-state index in [4.69, 9.17) is 0 Å². The molecule has 0 saturated carbocycles. The first kappa shape index (κ1) is 11.9. The van der Waals surface area contributed by atoms with Crippen molar-refractivity contribution in [3.05, 3.63) is 76.4 Å². The summed E-state index contributed by atoms with van der Waals surface area (Å²) in [7, 11) is 0. The molecule has 0 aromatic heterocycles. The Morgan fingerprint density at radius 2 is 1.68 bits per heavy atom. The lowest BCUT2D eigenvalue weighted by Crippen LogP contribution is -2.07. The molecular formula is C18H16O. The Morgan fingerprint density at radius 3 is 2.42 bits per heavy atom. The summed E-state index contributed by atoms with van der Waals surface area (Å²) < 4.78 is 0. The van der Waals surface area contributed by atoms with E-state index in [0.717, 1.165) is 35.8 Å². The first-order chi connectivity index (χ1) is 9.29. The van der Waals surface area contributed by atoms with Gasteiger partial charge in [0.1, 0.15) is 6.29 Å². The van der Waals surface area contributed by atoms with E-state index >= 15 is 0 Å². The van der Waals surface area contributed by atoms with Crippen molar-refractivity contribution in [1.82, 2.24) is 0 Å². The summed E-state index contributed by atoms with van der Waals surface area (Å²) in [6.07, 6.45) is 2.81.